The molecule has 0 saturated carbocycles. The number of nitrogens with one attached hydrogen (secondary N) is 1. The van der Waals surface area contributed by atoms with Crippen LogP contribution in [0.3, 0.4) is 0 Å². The van der Waals surface area contributed by atoms with Crippen LogP contribution in [0.15, 0.2) is 18.2 Å². The van der Waals surface area contributed by atoms with E-state index >= 15 is 0 Å². The summed E-state index contributed by atoms with van der Waals surface area (Å²) in [6, 6.07) is 5.98. The molecule has 23 heavy (non-hydrogen) atoms. The van der Waals surface area contributed by atoms with Gasteiger partial charge in [0.1, 0.15) is 0 Å². The van der Waals surface area contributed by atoms with Crippen LogP contribution in [0.5, 0.6) is 11.5 Å². The van der Waals surface area contributed by atoms with Gasteiger partial charge in [0.05, 0.1) is 27.4 Å². The number of nitrogens with zero attached hydrogens (tertiary/aromatic N) is 1. The lowest BCUT2D eigenvalue weighted by Crippen LogP contribution is -2.37. The normalized spacial score (nSPS) is 14.5. The molecule has 0 unspecified atom stereocenters. The lowest BCUT2D eigenvalue weighted by Gasteiger charge is -2.26. The van der Waals surface area contributed by atoms with Crippen LogP contribution < -0.4 is 14.8 Å². The van der Waals surface area contributed by atoms with E-state index in [4.69, 9.17) is 14.2 Å². The van der Waals surface area contributed by atoms with E-state index in [9.17, 15) is 0 Å². The zero-order valence-corrected chi connectivity index (χ0v) is 15.5. The molecule has 1 N–H and O–H groups in total. The first-order valence-electron chi connectivity index (χ1n) is 7.56. The van der Waals surface area contributed by atoms with Gasteiger partial charge in [-0.05, 0) is 25.6 Å². The van der Waals surface area contributed by atoms with Crippen LogP contribution in [0.4, 0.5) is 0 Å². The number of hydrogen-bond donors (Lipinski definition) is 1. The van der Waals surface area contributed by atoms with E-state index in [0.29, 0.717) is 0 Å². The molecular formula is C16H28Cl2N2O3. The summed E-state index contributed by atoms with van der Waals surface area (Å²) >= 11 is 0. The first kappa shape index (κ1) is 22.3. The van der Waals surface area contributed by atoms with Crippen molar-refractivity contribution in [1.29, 1.82) is 0 Å². The Morgan fingerprint density at radius 1 is 1.13 bits per heavy atom. The van der Waals surface area contributed by atoms with Crippen LogP contribution in [0, 0.1) is 0 Å². The van der Waals surface area contributed by atoms with E-state index in [1.54, 1.807) is 14.2 Å². The number of hydrogen-bond acceptors (Lipinski definition) is 5. The first-order valence-corrected chi connectivity index (χ1v) is 7.56. The first-order chi connectivity index (χ1) is 10.3. The van der Waals surface area contributed by atoms with Gasteiger partial charge in [-0.2, -0.15) is 0 Å². The van der Waals surface area contributed by atoms with Crippen molar-refractivity contribution >= 4 is 24.8 Å². The minimum atomic E-state index is 0. The average Bonchev–Trinajstić information content (AvgIpc) is 2.55. The van der Waals surface area contributed by atoms with Gasteiger partial charge in [0.25, 0.3) is 0 Å². The monoisotopic (exact) mass is 366 g/mol. The van der Waals surface area contributed by atoms with Crippen molar-refractivity contribution in [3.63, 3.8) is 0 Å². The van der Waals surface area contributed by atoms with E-state index in [1.165, 1.54) is 0 Å². The molecule has 5 nitrogen and oxygen atoms in total. The molecule has 1 fully saturated rings. The zero-order valence-electron chi connectivity index (χ0n) is 13.9. The molecule has 0 spiro atoms. The van der Waals surface area contributed by atoms with Crippen molar-refractivity contribution in [2.24, 2.45) is 0 Å². The smallest absolute Gasteiger partial charge is 0.165 e. The Morgan fingerprint density at radius 2 is 1.87 bits per heavy atom. The highest BCUT2D eigenvalue weighted by Gasteiger charge is 2.10. The SMILES string of the molecule is COc1cccc(CNCCCN2CCOCC2)c1OC.Cl.Cl. The lowest BCUT2D eigenvalue weighted by molar-refractivity contribution is 0.0374. The van der Waals surface area contributed by atoms with Gasteiger partial charge >= 0.3 is 0 Å². The van der Waals surface area contributed by atoms with Crippen molar-refractivity contribution < 1.29 is 14.2 Å². The molecule has 7 heteroatoms. The second-order valence-electron chi connectivity index (χ2n) is 5.14. The Morgan fingerprint density at radius 3 is 2.52 bits per heavy atom. The topological polar surface area (TPSA) is 43.0 Å². The van der Waals surface area contributed by atoms with Gasteiger partial charge in [0.2, 0.25) is 0 Å². The van der Waals surface area contributed by atoms with Gasteiger partial charge in [-0.1, -0.05) is 12.1 Å². The summed E-state index contributed by atoms with van der Waals surface area (Å²) in [4.78, 5) is 2.46. The fourth-order valence-electron chi connectivity index (χ4n) is 2.57. The van der Waals surface area contributed by atoms with E-state index in [2.05, 4.69) is 16.3 Å². The maximum atomic E-state index is 5.43. The van der Waals surface area contributed by atoms with Crippen LogP contribution in [0.1, 0.15) is 12.0 Å². The molecule has 1 aliphatic heterocycles. The summed E-state index contributed by atoms with van der Waals surface area (Å²) in [6.07, 6.45) is 1.15. The highest BCUT2D eigenvalue weighted by molar-refractivity contribution is 5.85. The van der Waals surface area contributed by atoms with Gasteiger partial charge in [-0.15, -0.1) is 24.8 Å². The van der Waals surface area contributed by atoms with Crippen molar-refractivity contribution in [2.45, 2.75) is 13.0 Å². The molecule has 1 heterocycles. The van der Waals surface area contributed by atoms with Crippen molar-refractivity contribution in [1.82, 2.24) is 10.2 Å². The van der Waals surface area contributed by atoms with Crippen molar-refractivity contribution in [3.8, 4) is 11.5 Å². The molecule has 134 valence electrons. The Kier molecular flexibility index (Phi) is 12.3. The van der Waals surface area contributed by atoms with Crippen LogP contribution in [0.2, 0.25) is 0 Å². The number of benzene rings is 1. The van der Waals surface area contributed by atoms with Gasteiger partial charge in [0.15, 0.2) is 11.5 Å². The van der Waals surface area contributed by atoms with Crippen LogP contribution in [-0.2, 0) is 11.3 Å². The Hall–Kier alpha value is -0.720. The maximum Gasteiger partial charge on any atom is 0.165 e. The molecule has 0 amide bonds. The number of para-hydroxylation sites is 1. The number of rotatable bonds is 8. The standard InChI is InChI=1S/C16H26N2O3.2ClH/c1-19-15-6-3-5-14(16(15)20-2)13-17-7-4-8-18-9-11-21-12-10-18;;/h3,5-6,17H,4,7-13H2,1-2H3;2*1H. The molecule has 0 atom stereocenters. The largest absolute Gasteiger partial charge is 0.493 e. The Balaban J connectivity index is 0.00000242. The molecule has 0 radical (unpaired) electrons. The fourth-order valence-corrected chi connectivity index (χ4v) is 2.57. The summed E-state index contributed by atoms with van der Waals surface area (Å²) in [5.41, 5.74) is 1.13. The Bertz CT molecular complexity index is 430. The molecule has 1 aromatic carbocycles. The summed E-state index contributed by atoms with van der Waals surface area (Å²) < 4.78 is 16.1. The molecule has 1 aromatic rings. The van der Waals surface area contributed by atoms with Gasteiger partial charge in [0, 0.05) is 25.2 Å². The second-order valence-corrected chi connectivity index (χ2v) is 5.14. The Labute approximate surface area is 151 Å². The summed E-state index contributed by atoms with van der Waals surface area (Å²) in [5.74, 6) is 1.60. The van der Waals surface area contributed by atoms with Gasteiger partial charge in [-0.3, -0.25) is 4.90 Å². The van der Waals surface area contributed by atoms with E-state index < -0.39 is 0 Å². The van der Waals surface area contributed by atoms with Crippen LogP contribution in [0.25, 0.3) is 0 Å². The maximum absolute atomic E-state index is 5.43. The average molecular weight is 367 g/mol. The third-order valence-electron chi connectivity index (χ3n) is 3.73. The highest BCUT2D eigenvalue weighted by atomic mass is 35.5. The summed E-state index contributed by atoms with van der Waals surface area (Å²) in [5, 5.41) is 3.47. The molecule has 0 bridgehead atoms. The lowest BCUT2D eigenvalue weighted by atomic mass is 10.2. The van der Waals surface area contributed by atoms with E-state index in [0.717, 1.165) is 69.4 Å². The molecule has 2 rings (SSSR count). The molecule has 0 aliphatic carbocycles. The fraction of sp³-hybridized carbons (Fsp3) is 0.625. The number of morpholine rings is 1. The quantitative estimate of drug-likeness (QED) is 0.715. The highest BCUT2D eigenvalue weighted by Crippen LogP contribution is 2.30. The number of halogens is 2. The molecule has 1 aliphatic rings. The van der Waals surface area contributed by atoms with E-state index in [-0.39, 0.29) is 24.8 Å². The minimum absolute atomic E-state index is 0. The summed E-state index contributed by atoms with van der Waals surface area (Å²) in [7, 11) is 3.34. The molecule has 1 saturated heterocycles. The minimum Gasteiger partial charge on any atom is -0.493 e. The van der Waals surface area contributed by atoms with Crippen LogP contribution >= 0.6 is 24.8 Å². The third kappa shape index (κ3) is 7.14. The van der Waals surface area contributed by atoms with Crippen molar-refractivity contribution in [3.05, 3.63) is 23.8 Å². The zero-order chi connectivity index (χ0) is 14.9. The van der Waals surface area contributed by atoms with Gasteiger partial charge in [-0.25, -0.2) is 0 Å². The summed E-state index contributed by atoms with van der Waals surface area (Å²) in [6.45, 7) is 6.78. The predicted octanol–water partition coefficient (Wildman–Crippen LogP) is 2.36. The predicted molar refractivity (Wildman–Crippen MR) is 97.6 cm³/mol. The van der Waals surface area contributed by atoms with Crippen LogP contribution in [-0.4, -0.2) is 58.5 Å². The van der Waals surface area contributed by atoms with Gasteiger partial charge < -0.3 is 19.5 Å². The molecule has 0 aromatic heterocycles. The second kappa shape index (κ2) is 12.7. The van der Waals surface area contributed by atoms with Crippen molar-refractivity contribution in [2.75, 3.05) is 53.6 Å². The molecular weight excluding hydrogens is 339 g/mol. The number of ether oxygens (including phenoxy) is 3. The van der Waals surface area contributed by atoms with E-state index in [1.807, 2.05) is 12.1 Å². The number of methoxy groups -OCH3 is 2. The third-order valence-corrected chi connectivity index (χ3v) is 3.73.